The molecular weight excluding hydrogens is 252 g/mol. The topological polar surface area (TPSA) is 27.7 Å². The van der Waals surface area contributed by atoms with E-state index in [1.165, 1.54) is 24.0 Å². The second-order valence-corrected chi connectivity index (χ2v) is 5.20. The van der Waals surface area contributed by atoms with Crippen LogP contribution in [0.4, 0.5) is 0 Å². The molecule has 1 saturated carbocycles. The fraction of sp³-hybridized carbons (Fsp3) is 0.529. The lowest BCUT2D eigenvalue weighted by atomic mass is 9.93. The first-order valence-corrected chi connectivity index (χ1v) is 7.24. The molecular formula is C17H24O3. The predicted octanol–water partition coefficient (Wildman–Crippen LogP) is 3.76. The first kappa shape index (κ1) is 14.9. The Morgan fingerprint density at radius 3 is 2.65 bits per heavy atom. The van der Waals surface area contributed by atoms with Crippen molar-refractivity contribution in [1.82, 2.24) is 0 Å². The van der Waals surface area contributed by atoms with Crippen LogP contribution < -0.4 is 9.47 Å². The van der Waals surface area contributed by atoms with Crippen molar-refractivity contribution in [3.63, 3.8) is 0 Å². The second-order valence-electron chi connectivity index (χ2n) is 5.20. The van der Waals surface area contributed by atoms with Crippen LogP contribution in [0.15, 0.2) is 30.4 Å². The van der Waals surface area contributed by atoms with Crippen molar-refractivity contribution in [1.29, 1.82) is 0 Å². The third-order valence-corrected chi connectivity index (χ3v) is 3.83. The van der Waals surface area contributed by atoms with Gasteiger partial charge in [-0.15, -0.1) is 0 Å². The molecule has 1 aliphatic carbocycles. The maximum atomic E-state index is 5.96. The van der Waals surface area contributed by atoms with E-state index in [0.29, 0.717) is 0 Å². The van der Waals surface area contributed by atoms with Crippen molar-refractivity contribution < 1.29 is 14.2 Å². The highest BCUT2D eigenvalue weighted by molar-refractivity contribution is 5.42. The summed E-state index contributed by atoms with van der Waals surface area (Å²) in [6, 6.07) is 6.01. The van der Waals surface area contributed by atoms with Crippen LogP contribution in [-0.2, 0) is 11.2 Å². The van der Waals surface area contributed by atoms with Crippen LogP contribution in [0.3, 0.4) is 0 Å². The van der Waals surface area contributed by atoms with Gasteiger partial charge in [-0.25, -0.2) is 0 Å². The maximum absolute atomic E-state index is 5.96. The van der Waals surface area contributed by atoms with Crippen molar-refractivity contribution in [2.24, 2.45) is 0 Å². The molecule has 110 valence electrons. The monoisotopic (exact) mass is 276 g/mol. The normalized spacial score (nSPS) is 18.9. The Bertz CT molecular complexity index is 454. The number of hydrogen-bond acceptors (Lipinski definition) is 3. The molecule has 3 nitrogen and oxygen atoms in total. The lowest BCUT2D eigenvalue weighted by molar-refractivity contribution is 0.0631. The van der Waals surface area contributed by atoms with Gasteiger partial charge in [0.25, 0.3) is 0 Å². The third-order valence-electron chi connectivity index (χ3n) is 3.83. The molecule has 0 saturated heterocycles. The Morgan fingerprint density at radius 2 is 1.95 bits per heavy atom. The highest BCUT2D eigenvalue weighted by atomic mass is 16.5. The highest BCUT2D eigenvalue weighted by Crippen LogP contribution is 2.28. The van der Waals surface area contributed by atoms with Crippen LogP contribution in [0.25, 0.3) is 0 Å². The average Bonchev–Trinajstić information content (AvgIpc) is 2.49. The summed E-state index contributed by atoms with van der Waals surface area (Å²) in [5.41, 5.74) is 2.45. The molecule has 1 fully saturated rings. The van der Waals surface area contributed by atoms with Crippen LogP contribution in [0, 0.1) is 0 Å². The summed E-state index contributed by atoms with van der Waals surface area (Å²) in [4.78, 5) is 0. The molecule has 3 heteroatoms. The van der Waals surface area contributed by atoms with E-state index in [4.69, 9.17) is 14.2 Å². The molecule has 1 aliphatic rings. The van der Waals surface area contributed by atoms with Crippen LogP contribution in [0.5, 0.6) is 11.5 Å². The van der Waals surface area contributed by atoms with E-state index in [0.717, 1.165) is 37.4 Å². The molecule has 1 aromatic rings. The quantitative estimate of drug-likeness (QED) is 0.740. The lowest BCUT2D eigenvalue weighted by Crippen LogP contribution is -2.20. The van der Waals surface area contributed by atoms with E-state index in [1.54, 1.807) is 14.2 Å². The predicted molar refractivity (Wildman–Crippen MR) is 80.6 cm³/mol. The largest absolute Gasteiger partial charge is 0.493 e. The number of hydrogen-bond donors (Lipinski definition) is 0. The minimum atomic E-state index is 0.254. The molecule has 1 atom stereocenters. The van der Waals surface area contributed by atoms with Gasteiger partial charge in [-0.2, -0.15) is 0 Å². The Balaban J connectivity index is 1.86. The van der Waals surface area contributed by atoms with Gasteiger partial charge >= 0.3 is 0 Å². The van der Waals surface area contributed by atoms with Gasteiger partial charge in [-0.1, -0.05) is 19.1 Å². The number of rotatable bonds is 6. The highest BCUT2D eigenvalue weighted by Gasteiger charge is 2.17. The summed E-state index contributed by atoms with van der Waals surface area (Å²) < 4.78 is 16.5. The maximum Gasteiger partial charge on any atom is 0.160 e. The summed E-state index contributed by atoms with van der Waals surface area (Å²) in [6.45, 7) is 4.83. The molecule has 1 unspecified atom stereocenters. The molecule has 0 amide bonds. The Hall–Kier alpha value is -1.48. The zero-order valence-electron chi connectivity index (χ0n) is 12.5. The summed E-state index contributed by atoms with van der Waals surface area (Å²) in [5, 5.41) is 0. The molecule has 0 aromatic heterocycles. The van der Waals surface area contributed by atoms with Gasteiger partial charge in [0.05, 0.1) is 26.9 Å². The van der Waals surface area contributed by atoms with Gasteiger partial charge in [0.2, 0.25) is 0 Å². The fourth-order valence-corrected chi connectivity index (χ4v) is 2.60. The number of ether oxygens (including phenoxy) is 3. The van der Waals surface area contributed by atoms with Gasteiger partial charge in [0.1, 0.15) is 0 Å². The minimum absolute atomic E-state index is 0.254. The van der Waals surface area contributed by atoms with E-state index in [-0.39, 0.29) is 6.10 Å². The lowest BCUT2D eigenvalue weighted by Gasteiger charge is -2.24. The molecule has 0 radical (unpaired) electrons. The van der Waals surface area contributed by atoms with Crippen molar-refractivity contribution in [3.05, 3.63) is 35.9 Å². The zero-order valence-corrected chi connectivity index (χ0v) is 12.5. The van der Waals surface area contributed by atoms with E-state index in [2.05, 4.69) is 12.6 Å². The van der Waals surface area contributed by atoms with Crippen LogP contribution >= 0.6 is 0 Å². The molecule has 0 N–H and O–H groups in total. The van der Waals surface area contributed by atoms with Crippen LogP contribution in [-0.4, -0.2) is 26.9 Å². The number of benzene rings is 1. The van der Waals surface area contributed by atoms with Gasteiger partial charge in [0, 0.05) is 0 Å². The summed E-state index contributed by atoms with van der Waals surface area (Å²) in [5.74, 6) is 1.53. The minimum Gasteiger partial charge on any atom is -0.493 e. The summed E-state index contributed by atoms with van der Waals surface area (Å²) in [7, 11) is 3.31. The standard InChI is InChI=1S/C17H24O3/c1-13-6-4-5-7-15(13)20-11-10-14-8-9-16(18-2)17(12-14)19-3/h8-9,12,15H,1,4-7,10-11H2,2-3H3. The first-order chi connectivity index (χ1) is 9.74. The van der Waals surface area contributed by atoms with E-state index >= 15 is 0 Å². The van der Waals surface area contributed by atoms with Crippen molar-refractivity contribution in [2.45, 2.75) is 38.2 Å². The van der Waals surface area contributed by atoms with E-state index < -0.39 is 0 Å². The van der Waals surface area contributed by atoms with Gasteiger partial charge < -0.3 is 14.2 Å². The van der Waals surface area contributed by atoms with E-state index in [9.17, 15) is 0 Å². The molecule has 0 bridgehead atoms. The molecule has 0 aliphatic heterocycles. The first-order valence-electron chi connectivity index (χ1n) is 7.24. The van der Waals surface area contributed by atoms with Crippen LogP contribution in [0.1, 0.15) is 31.2 Å². The number of methoxy groups -OCH3 is 2. The summed E-state index contributed by atoms with van der Waals surface area (Å²) in [6.07, 6.45) is 5.87. The fourth-order valence-electron chi connectivity index (χ4n) is 2.60. The molecule has 0 heterocycles. The Kier molecular flexibility index (Phi) is 5.48. The van der Waals surface area contributed by atoms with Crippen molar-refractivity contribution in [3.8, 4) is 11.5 Å². The van der Waals surface area contributed by atoms with Gasteiger partial charge in [-0.3, -0.25) is 0 Å². The smallest absolute Gasteiger partial charge is 0.160 e. The zero-order chi connectivity index (χ0) is 14.4. The molecule has 2 rings (SSSR count). The van der Waals surface area contributed by atoms with Crippen LogP contribution in [0.2, 0.25) is 0 Å². The Morgan fingerprint density at radius 1 is 1.15 bits per heavy atom. The SMILES string of the molecule is C=C1CCCCC1OCCc1ccc(OC)c(OC)c1. The van der Waals surface area contributed by atoms with E-state index in [1.807, 2.05) is 12.1 Å². The Labute approximate surface area is 121 Å². The average molecular weight is 276 g/mol. The molecule has 1 aromatic carbocycles. The van der Waals surface area contributed by atoms with Gasteiger partial charge in [-0.05, 0) is 49.0 Å². The molecule has 20 heavy (non-hydrogen) atoms. The third kappa shape index (κ3) is 3.76. The van der Waals surface area contributed by atoms with Crippen molar-refractivity contribution >= 4 is 0 Å². The summed E-state index contributed by atoms with van der Waals surface area (Å²) >= 11 is 0. The molecule has 0 spiro atoms. The van der Waals surface area contributed by atoms with Gasteiger partial charge in [0.15, 0.2) is 11.5 Å². The second kappa shape index (κ2) is 7.34. The van der Waals surface area contributed by atoms with Crippen molar-refractivity contribution in [2.75, 3.05) is 20.8 Å².